The molecule has 0 saturated heterocycles. The van der Waals surface area contributed by atoms with E-state index in [1.165, 1.54) is 109 Å². The summed E-state index contributed by atoms with van der Waals surface area (Å²) in [6.07, 6.45) is 50.3. The summed E-state index contributed by atoms with van der Waals surface area (Å²) in [5.41, 5.74) is 0. The molecule has 0 aromatic heterocycles. The lowest BCUT2D eigenvalue weighted by Crippen LogP contribution is -2.27. The lowest BCUT2D eigenvalue weighted by molar-refractivity contribution is -0.147. The number of carbonyl (C=O) groups excluding carboxylic acids is 2. The Labute approximate surface area is 349 Å². The molecule has 0 spiro atoms. The maximum atomic E-state index is 12.1. The van der Waals surface area contributed by atoms with Crippen molar-refractivity contribution >= 4 is 19.7 Å². The van der Waals surface area contributed by atoms with Gasteiger partial charge in [-0.05, 0) is 77.0 Å². The molecule has 10 heteroatoms. The van der Waals surface area contributed by atoms with Crippen molar-refractivity contribution in [2.75, 3.05) is 26.4 Å². The number of rotatable bonds is 43. The fourth-order valence-corrected chi connectivity index (χ4v) is 6.96. The molecule has 0 bridgehead atoms. The van der Waals surface area contributed by atoms with Crippen LogP contribution in [0.1, 0.15) is 206 Å². The van der Waals surface area contributed by atoms with E-state index >= 15 is 0 Å². The number of hydrogen-bond acceptors (Lipinski definition) is 7. The number of carbonyl (C=O) groups is 2. The Kier molecular flexibility index (Phi) is 42.0. The number of aliphatic hydroxyl groups is 1. The monoisotopic (exact) mass is 824 g/mol. The first-order valence-electron chi connectivity index (χ1n) is 23.1. The largest absolute Gasteiger partial charge is 0.472 e. The van der Waals surface area contributed by atoms with Crippen molar-refractivity contribution in [3.63, 3.8) is 0 Å². The van der Waals surface area contributed by atoms with Crippen molar-refractivity contribution in [1.82, 2.24) is 5.32 Å². The minimum Gasteiger partial charge on any atom is -0.463 e. The molecule has 57 heavy (non-hydrogen) atoms. The maximum absolute atomic E-state index is 12.1. The van der Waals surface area contributed by atoms with Gasteiger partial charge < -0.3 is 20.1 Å². The second-order valence-corrected chi connectivity index (χ2v) is 16.8. The Morgan fingerprint density at radius 1 is 0.544 bits per heavy atom. The molecule has 0 aliphatic heterocycles. The zero-order valence-electron chi connectivity index (χ0n) is 36.5. The van der Waals surface area contributed by atoms with Crippen LogP contribution >= 0.6 is 7.82 Å². The fourth-order valence-electron chi connectivity index (χ4n) is 6.21. The van der Waals surface area contributed by atoms with E-state index in [0.29, 0.717) is 6.42 Å². The van der Waals surface area contributed by atoms with E-state index in [2.05, 4.69) is 67.8 Å². The van der Waals surface area contributed by atoms with Crippen LogP contribution in [0, 0.1) is 0 Å². The molecule has 0 radical (unpaired) electrons. The van der Waals surface area contributed by atoms with Crippen LogP contribution in [-0.4, -0.2) is 54.3 Å². The molecule has 0 aliphatic carbocycles. The Bertz CT molecular complexity index is 1080. The van der Waals surface area contributed by atoms with Gasteiger partial charge in [-0.2, -0.15) is 0 Å². The molecule has 0 aromatic carbocycles. The lowest BCUT2D eigenvalue weighted by atomic mass is 10.1. The van der Waals surface area contributed by atoms with Gasteiger partial charge in [0.25, 0.3) is 0 Å². The summed E-state index contributed by atoms with van der Waals surface area (Å²) in [5, 5.41) is 12.7. The molecule has 0 aromatic rings. The summed E-state index contributed by atoms with van der Waals surface area (Å²) in [7, 11) is -4.42. The predicted octanol–water partition coefficient (Wildman–Crippen LogP) is 13.1. The first kappa shape index (κ1) is 55.0. The molecule has 2 atom stereocenters. The van der Waals surface area contributed by atoms with E-state index in [1.54, 1.807) is 0 Å². The summed E-state index contributed by atoms with van der Waals surface area (Å²) in [6.45, 7) is 3.51. The minimum absolute atomic E-state index is 0.0753. The Balaban J connectivity index is 3.61. The highest BCUT2D eigenvalue weighted by Crippen LogP contribution is 2.42. The van der Waals surface area contributed by atoms with Gasteiger partial charge in [-0.1, -0.05) is 165 Å². The number of esters is 1. The zero-order chi connectivity index (χ0) is 41.8. The summed E-state index contributed by atoms with van der Waals surface area (Å²) in [4.78, 5) is 34.0. The average Bonchev–Trinajstić information content (AvgIpc) is 3.20. The van der Waals surface area contributed by atoms with Gasteiger partial charge in [0.05, 0.1) is 13.2 Å². The number of hydrogen-bond donors (Lipinski definition) is 3. The first-order valence-corrected chi connectivity index (χ1v) is 24.6. The van der Waals surface area contributed by atoms with Crippen molar-refractivity contribution < 1.29 is 37.9 Å². The van der Waals surface area contributed by atoms with Gasteiger partial charge in [0.2, 0.25) is 5.91 Å². The fraction of sp³-hybridized carbons (Fsp3) is 0.787. The lowest BCUT2D eigenvalue weighted by Gasteiger charge is -2.15. The van der Waals surface area contributed by atoms with Gasteiger partial charge in [0, 0.05) is 19.4 Å². The van der Waals surface area contributed by atoms with Gasteiger partial charge in [-0.3, -0.25) is 18.6 Å². The second kappa shape index (κ2) is 43.5. The number of amides is 1. The minimum atomic E-state index is -4.42. The molecule has 1 amide bonds. The number of nitrogens with one attached hydrogen (secondary N) is 1. The zero-order valence-corrected chi connectivity index (χ0v) is 37.4. The Morgan fingerprint density at radius 3 is 1.40 bits per heavy atom. The topological polar surface area (TPSA) is 131 Å². The second-order valence-electron chi connectivity index (χ2n) is 15.4. The molecule has 0 rings (SSSR count). The van der Waals surface area contributed by atoms with Crippen LogP contribution in [0.5, 0.6) is 0 Å². The van der Waals surface area contributed by atoms with Crippen molar-refractivity contribution in [3.05, 3.63) is 48.6 Å². The third kappa shape index (κ3) is 44.9. The molecule has 9 nitrogen and oxygen atoms in total. The van der Waals surface area contributed by atoms with Crippen LogP contribution in [0.4, 0.5) is 0 Å². The third-order valence-corrected chi connectivity index (χ3v) is 10.7. The number of phosphoric acid groups is 1. The van der Waals surface area contributed by atoms with E-state index in [9.17, 15) is 24.2 Å². The molecule has 2 unspecified atom stereocenters. The van der Waals surface area contributed by atoms with Crippen LogP contribution in [0.25, 0.3) is 0 Å². The van der Waals surface area contributed by atoms with Crippen molar-refractivity contribution in [1.29, 1.82) is 0 Å². The van der Waals surface area contributed by atoms with E-state index in [4.69, 9.17) is 13.8 Å². The van der Waals surface area contributed by atoms with Crippen LogP contribution in [0.2, 0.25) is 0 Å². The third-order valence-electron chi connectivity index (χ3n) is 9.73. The van der Waals surface area contributed by atoms with E-state index < -0.39 is 26.5 Å². The number of aliphatic hydroxyl groups excluding tert-OH is 1. The SMILES string of the molecule is CCCCCC/C=C\C/C=C\CCCCCCCCCC(=O)NCCOP(=O)(O)OCC(O)COC(=O)CCCCCCCCC/C=C\C/C=C\CCCCCC. The van der Waals surface area contributed by atoms with Gasteiger partial charge in [0.15, 0.2) is 0 Å². The maximum Gasteiger partial charge on any atom is 0.472 e. The van der Waals surface area contributed by atoms with E-state index in [1.807, 2.05) is 0 Å². The number of allylic oxidation sites excluding steroid dienone is 8. The van der Waals surface area contributed by atoms with Crippen LogP contribution in [-0.2, 0) is 27.9 Å². The normalized spacial score (nSPS) is 13.7. The highest BCUT2D eigenvalue weighted by atomic mass is 31.2. The Morgan fingerprint density at radius 2 is 0.947 bits per heavy atom. The van der Waals surface area contributed by atoms with E-state index in [-0.39, 0.29) is 32.1 Å². The molecular weight excluding hydrogens is 737 g/mol. The predicted molar refractivity (Wildman–Crippen MR) is 238 cm³/mol. The molecule has 0 heterocycles. The summed E-state index contributed by atoms with van der Waals surface area (Å²) < 4.78 is 26.9. The molecule has 0 aliphatic rings. The highest BCUT2D eigenvalue weighted by molar-refractivity contribution is 7.47. The van der Waals surface area contributed by atoms with Gasteiger partial charge in [-0.25, -0.2) is 4.57 Å². The number of unbranched alkanes of at least 4 members (excludes halogenated alkanes) is 22. The van der Waals surface area contributed by atoms with Crippen molar-refractivity contribution in [2.45, 2.75) is 213 Å². The first-order chi connectivity index (χ1) is 27.8. The molecular formula is C47H86NO8P. The Hall–Kier alpha value is -2.03. The van der Waals surface area contributed by atoms with Crippen molar-refractivity contribution in [3.8, 4) is 0 Å². The molecule has 332 valence electrons. The number of ether oxygens (including phenoxy) is 1. The summed E-state index contributed by atoms with van der Waals surface area (Å²) in [6, 6.07) is 0. The van der Waals surface area contributed by atoms with Crippen LogP contribution in [0.3, 0.4) is 0 Å². The van der Waals surface area contributed by atoms with Gasteiger partial charge >= 0.3 is 13.8 Å². The van der Waals surface area contributed by atoms with E-state index in [0.717, 1.165) is 70.6 Å². The summed E-state index contributed by atoms with van der Waals surface area (Å²) >= 11 is 0. The molecule has 0 fully saturated rings. The molecule has 0 saturated carbocycles. The van der Waals surface area contributed by atoms with Crippen LogP contribution in [0.15, 0.2) is 48.6 Å². The highest BCUT2D eigenvalue weighted by Gasteiger charge is 2.23. The standard InChI is InChI=1S/C47H86NO8P/c1-3-5-7-9-11-13-15-17-19-21-23-25-27-29-31-33-35-37-39-46(50)48-41-42-55-57(52,53)56-44-45(49)43-54-47(51)40-38-36-34-32-30-28-26-24-22-20-18-16-14-12-10-8-6-4-2/h13-16,19-22,45,49H,3-12,17-18,23-44H2,1-2H3,(H,48,50)(H,52,53)/b15-13-,16-14-,21-19-,22-20-. The van der Waals surface area contributed by atoms with Crippen LogP contribution < -0.4 is 5.32 Å². The van der Waals surface area contributed by atoms with Gasteiger partial charge in [0.1, 0.15) is 12.7 Å². The van der Waals surface area contributed by atoms with Crippen molar-refractivity contribution in [2.24, 2.45) is 0 Å². The van der Waals surface area contributed by atoms with Gasteiger partial charge in [-0.15, -0.1) is 0 Å². The molecule has 3 N–H and O–H groups in total. The smallest absolute Gasteiger partial charge is 0.463 e. The quantitative estimate of drug-likeness (QED) is 0.0240. The summed E-state index contributed by atoms with van der Waals surface area (Å²) in [5.74, 6) is -0.531. The number of phosphoric ester groups is 1. The average molecular weight is 824 g/mol.